The quantitative estimate of drug-likeness (QED) is 0.0469. The van der Waals surface area contributed by atoms with Crippen LogP contribution in [0.25, 0.3) is 133 Å². The number of ether oxygens (including phenoxy) is 2. The molecule has 0 aliphatic heterocycles. The van der Waals surface area contributed by atoms with Gasteiger partial charge in [0.2, 0.25) is 0 Å². The largest absolute Gasteiger partial charge is 0.497 e. The monoisotopic (exact) mass is 1180 g/mol. The molecule has 90 heavy (non-hydrogen) atoms. The molecule has 450 valence electrons. The molecule has 8 heteroatoms. The first-order chi connectivity index (χ1) is 44.4. The molecule has 0 aliphatic carbocycles. The van der Waals surface area contributed by atoms with Crippen LogP contribution in [0.3, 0.4) is 0 Å². The van der Waals surface area contributed by atoms with E-state index in [-0.39, 0.29) is 0 Å². The zero-order valence-electron chi connectivity index (χ0n) is 53.1. The van der Waals surface area contributed by atoms with E-state index in [1.165, 1.54) is 126 Å². The molecular weight excluding hydrogens is 1100 g/mol. The molecule has 14 rings (SSSR count). The van der Waals surface area contributed by atoms with Gasteiger partial charge in [0.1, 0.15) is 22.8 Å². The van der Waals surface area contributed by atoms with Crippen LogP contribution in [-0.4, -0.2) is 43.0 Å². The first-order valence-electron chi connectivity index (χ1n) is 33.3. The fourth-order valence-corrected chi connectivity index (χ4v) is 14.4. The Morgan fingerprint density at radius 1 is 0.322 bits per heavy atom. The second-order valence-electron chi connectivity index (χ2n) is 24.7. The molecule has 0 unspecified atom stereocenters. The molecule has 8 nitrogen and oxygen atoms in total. The van der Waals surface area contributed by atoms with Gasteiger partial charge in [0.25, 0.3) is 0 Å². The van der Waals surface area contributed by atoms with Crippen molar-refractivity contribution in [2.24, 2.45) is 0 Å². The van der Waals surface area contributed by atoms with Gasteiger partial charge in [0.15, 0.2) is 0 Å². The normalized spacial score (nSPS) is 11.9. The van der Waals surface area contributed by atoms with Crippen LogP contribution in [0, 0.1) is 0 Å². The molecule has 0 aliphatic rings. The second kappa shape index (κ2) is 25.6. The van der Waals surface area contributed by atoms with E-state index in [9.17, 15) is 0 Å². The maximum Gasteiger partial charge on any atom is 0.145 e. The molecule has 0 radical (unpaired) electrons. The molecule has 0 N–H and O–H groups in total. The number of hydrogen-bond acceptors (Lipinski definition) is 6. The lowest BCUT2D eigenvalue weighted by Crippen LogP contribution is -2.05. The van der Waals surface area contributed by atoms with E-state index in [1.54, 1.807) is 14.2 Å². The SMILES string of the molecule is CCCCCc1c(CCCCC)c2c(-c3ccc(OC)cc3)c3ccc(-c4cccc(-c5cccc(-c6ccc7c(-c8ccc(OC)cc8)c8c(CCCCC)c(CCCCC)c9cc%10ccccc%10nc9n8c7c6)n5)n4)cc3n2c2nc3ccccc3cc12. The fourth-order valence-electron chi connectivity index (χ4n) is 14.4. The maximum atomic E-state index is 5.73. The van der Waals surface area contributed by atoms with Gasteiger partial charge in [-0.2, -0.15) is 0 Å². The third-order valence-corrected chi connectivity index (χ3v) is 18.9. The van der Waals surface area contributed by atoms with Crippen LogP contribution >= 0.6 is 0 Å². The Balaban J connectivity index is 0.938. The number of unbranched alkanes of at least 4 members (excludes halogenated alkanes) is 8. The number of methoxy groups -OCH3 is 2. The lowest BCUT2D eigenvalue weighted by molar-refractivity contribution is 0.415. The molecule has 8 aromatic heterocycles. The van der Waals surface area contributed by atoms with E-state index in [4.69, 9.17) is 29.4 Å². The minimum Gasteiger partial charge on any atom is -0.497 e. The number of rotatable bonds is 23. The zero-order chi connectivity index (χ0) is 61.2. The summed E-state index contributed by atoms with van der Waals surface area (Å²) in [4.78, 5) is 22.2. The molecule has 8 heterocycles. The van der Waals surface area contributed by atoms with E-state index in [0.29, 0.717) is 0 Å². The van der Waals surface area contributed by atoms with Crippen LogP contribution in [0.1, 0.15) is 127 Å². The molecule has 14 aromatic rings. The Morgan fingerprint density at radius 2 is 0.689 bits per heavy atom. The van der Waals surface area contributed by atoms with Crippen LogP contribution in [-0.2, 0) is 25.7 Å². The van der Waals surface area contributed by atoms with Gasteiger partial charge in [-0.1, -0.05) is 176 Å². The van der Waals surface area contributed by atoms with Gasteiger partial charge in [0.05, 0.1) is 70.1 Å². The van der Waals surface area contributed by atoms with E-state index < -0.39 is 0 Å². The molecule has 0 atom stereocenters. The molecule has 0 saturated carbocycles. The predicted octanol–water partition coefficient (Wildman–Crippen LogP) is 22.0. The Labute approximate surface area is 528 Å². The van der Waals surface area contributed by atoms with Crippen LogP contribution in [0.4, 0.5) is 0 Å². The van der Waals surface area contributed by atoms with Gasteiger partial charge in [-0.15, -0.1) is 0 Å². The van der Waals surface area contributed by atoms with E-state index in [2.05, 4.69) is 218 Å². The van der Waals surface area contributed by atoms with E-state index >= 15 is 0 Å². The number of nitrogens with zero attached hydrogens (tertiary/aromatic N) is 6. The summed E-state index contributed by atoms with van der Waals surface area (Å²) in [5, 5.41) is 7.21. The molecule has 0 spiro atoms. The van der Waals surface area contributed by atoms with Crippen molar-refractivity contribution < 1.29 is 9.47 Å². The van der Waals surface area contributed by atoms with Crippen LogP contribution < -0.4 is 9.47 Å². The topological polar surface area (TPSA) is 78.8 Å². The Hall–Kier alpha value is -9.40. The van der Waals surface area contributed by atoms with Gasteiger partial charge in [-0.25, -0.2) is 19.9 Å². The third kappa shape index (κ3) is 10.7. The molecule has 6 aromatic carbocycles. The number of hydrogen-bond donors (Lipinski definition) is 0. The minimum atomic E-state index is 0.812. The average Bonchev–Trinajstić information content (AvgIpc) is 2.52. The standard InChI is InChI=1S/C82H80N6O2/c1-7-11-15-27-61-63(29-17-13-9-3)79-77(53-37-43-59(89-5)44-38-53)65-47-41-57(51-75(65)87(79)81-67(61)49-55-25-19-21-31-71(55)85-81)69-33-23-35-73(83-69)74-36-24-34-70(84-74)58-42-48-66-76(52-58)88-80(78(66)54-39-45-60(90-6)46-40-54)64(30-18-14-10-4)62(28-16-12-8-2)68-50-56-26-20-22-32-72(56)86-82(68)88/h19-26,31-52H,7-18,27-30H2,1-6H3. The Bertz CT molecular complexity index is 4660. The van der Waals surface area contributed by atoms with Crippen LogP contribution in [0.15, 0.2) is 182 Å². The number of fused-ring (bicyclic) bond motifs is 12. The van der Waals surface area contributed by atoms with Crippen LogP contribution in [0.5, 0.6) is 11.5 Å². The lowest BCUT2D eigenvalue weighted by Gasteiger charge is -2.19. The van der Waals surface area contributed by atoms with Gasteiger partial charge in [-0.05, 0) is 170 Å². The molecule has 0 amide bonds. The second-order valence-corrected chi connectivity index (χ2v) is 24.7. The first kappa shape index (κ1) is 58.3. The summed E-state index contributed by atoms with van der Waals surface area (Å²) in [5.41, 5.74) is 24.8. The van der Waals surface area contributed by atoms with Crippen molar-refractivity contribution in [3.05, 3.63) is 204 Å². The number of aromatic nitrogens is 6. The smallest absolute Gasteiger partial charge is 0.145 e. The van der Waals surface area contributed by atoms with E-state index in [0.717, 1.165) is 143 Å². The minimum absolute atomic E-state index is 0.812. The number of para-hydroxylation sites is 2. The van der Waals surface area contributed by atoms with E-state index in [1.807, 2.05) is 0 Å². The van der Waals surface area contributed by atoms with Crippen molar-refractivity contribution in [1.82, 2.24) is 28.7 Å². The highest BCUT2D eigenvalue weighted by Gasteiger charge is 2.27. The van der Waals surface area contributed by atoms with Crippen LogP contribution in [0.2, 0.25) is 0 Å². The fraction of sp³-hybridized carbons (Fsp3) is 0.268. The summed E-state index contributed by atoms with van der Waals surface area (Å²) >= 11 is 0. The Morgan fingerprint density at radius 3 is 1.08 bits per heavy atom. The third-order valence-electron chi connectivity index (χ3n) is 18.9. The summed E-state index contributed by atoms with van der Waals surface area (Å²) in [5.74, 6) is 1.69. The lowest BCUT2D eigenvalue weighted by atomic mass is 9.91. The van der Waals surface area contributed by atoms with Crippen molar-refractivity contribution in [2.45, 2.75) is 130 Å². The van der Waals surface area contributed by atoms with Gasteiger partial charge >= 0.3 is 0 Å². The van der Waals surface area contributed by atoms with Crippen molar-refractivity contribution >= 4 is 76.7 Å². The highest BCUT2D eigenvalue weighted by atomic mass is 16.5. The molecule has 0 bridgehead atoms. The average molecular weight is 1180 g/mol. The van der Waals surface area contributed by atoms with Gasteiger partial charge < -0.3 is 9.47 Å². The summed E-state index contributed by atoms with van der Waals surface area (Å²) in [7, 11) is 3.48. The maximum absolute atomic E-state index is 5.73. The van der Waals surface area contributed by atoms with Gasteiger partial charge in [-0.3, -0.25) is 8.80 Å². The van der Waals surface area contributed by atoms with Gasteiger partial charge in [0, 0.05) is 54.6 Å². The summed E-state index contributed by atoms with van der Waals surface area (Å²) in [6.45, 7) is 9.21. The highest BCUT2D eigenvalue weighted by Crippen LogP contribution is 2.47. The summed E-state index contributed by atoms with van der Waals surface area (Å²) < 4.78 is 16.5. The number of aryl methyl sites for hydroxylation is 4. The van der Waals surface area contributed by atoms with Crippen molar-refractivity contribution in [3.63, 3.8) is 0 Å². The highest BCUT2D eigenvalue weighted by molar-refractivity contribution is 6.13. The molecular formula is C82H80N6O2. The Kier molecular flexibility index (Phi) is 16.6. The van der Waals surface area contributed by atoms with Crippen molar-refractivity contribution in [1.29, 1.82) is 0 Å². The molecule has 0 fully saturated rings. The summed E-state index contributed by atoms with van der Waals surface area (Å²) in [6.07, 6.45) is 17.9. The van der Waals surface area contributed by atoms with Crippen molar-refractivity contribution in [2.75, 3.05) is 14.2 Å². The molecule has 0 saturated heterocycles. The number of pyridine rings is 6. The first-order valence-corrected chi connectivity index (χ1v) is 33.3. The van der Waals surface area contributed by atoms with Crippen molar-refractivity contribution in [3.8, 4) is 67.7 Å². The number of benzene rings is 6. The predicted molar refractivity (Wildman–Crippen MR) is 378 cm³/mol. The summed E-state index contributed by atoms with van der Waals surface area (Å²) in [6, 6.07) is 66.0. The zero-order valence-corrected chi connectivity index (χ0v) is 53.1.